The Balaban J connectivity index is 0.00000582. The van der Waals surface area contributed by atoms with Gasteiger partial charge < -0.3 is 34.1 Å². The number of hydrogen-bond acceptors (Lipinski definition) is 11. The van der Waals surface area contributed by atoms with Crippen molar-refractivity contribution in [1.29, 1.82) is 0 Å². The van der Waals surface area contributed by atoms with Crippen molar-refractivity contribution in [2.24, 2.45) is 79.8 Å². The number of hydrogen-bond donors (Lipinski definition) is 3. The standard InChI is InChI=1S/C58H88O11S.Na/c1-31(36-15-17-38-34-14-19-45-51(5,6)58(62)46(60)29-57(45,30-66-58)41(34)22-24-53(36,38)9)13-20-47-56(12)27-33(52(7,8)69-56)25-43(67-47)32(2)37-16-18-39-35-26-44(68-70(63,64)65)48-50(3,4)49(61)42(59)28-55(48,11)40(35)21-23-54(37,39)10;/h19,31-33,36-39,42-44,46-48,59-60,62H,13-18,20-30H2,1-12H3,(H,63,64,65);/q;+1/p-1/t31-,32?,33-,36-,37-,38?,39?,42+,43-,44+,46+,47+,48?,53-,54-,55-,56-,57+,58-;/m1./s1. The van der Waals surface area contributed by atoms with Crippen LogP contribution in [-0.2, 0) is 33.6 Å². The zero-order valence-corrected chi connectivity index (χ0v) is 48.4. The molecule has 4 aliphatic heterocycles. The van der Waals surface area contributed by atoms with Crippen molar-refractivity contribution in [1.82, 2.24) is 0 Å². The number of carbonyl (C=O) groups excluding carboxylic acids is 1. The molecule has 3 N–H and O–H groups in total. The van der Waals surface area contributed by atoms with E-state index >= 15 is 0 Å². The molecule has 392 valence electrons. The summed E-state index contributed by atoms with van der Waals surface area (Å²) in [6.07, 6.45) is 13.8. The van der Waals surface area contributed by atoms with Crippen molar-refractivity contribution in [3.8, 4) is 0 Å². The predicted molar refractivity (Wildman–Crippen MR) is 264 cm³/mol. The van der Waals surface area contributed by atoms with E-state index in [0.717, 1.165) is 70.6 Å². The second-order valence-electron chi connectivity index (χ2n) is 28.4. The first kappa shape index (κ1) is 53.9. The first-order chi connectivity index (χ1) is 32.4. The summed E-state index contributed by atoms with van der Waals surface area (Å²) < 4.78 is 63.5. The first-order valence-corrected chi connectivity index (χ1v) is 29.1. The molecule has 4 heterocycles. The fraction of sp³-hybridized carbons (Fsp3) is 0.879. The number of ketones is 1. The van der Waals surface area contributed by atoms with E-state index in [-0.39, 0.29) is 93.3 Å². The molecule has 4 unspecified atom stereocenters. The average Bonchev–Trinajstić information content (AvgIpc) is 3.83. The predicted octanol–water partition coefficient (Wildman–Crippen LogP) is 7.08. The Labute approximate surface area is 448 Å². The van der Waals surface area contributed by atoms with Crippen LogP contribution in [0.3, 0.4) is 0 Å². The minimum absolute atomic E-state index is 0. The maximum atomic E-state index is 13.5. The molecule has 12 aliphatic rings. The molecule has 13 heteroatoms. The number of aliphatic hydroxyl groups excluding tert-OH is 2. The summed E-state index contributed by atoms with van der Waals surface area (Å²) in [5.74, 6) is 0.414. The van der Waals surface area contributed by atoms with Gasteiger partial charge in [-0.05, 0) is 181 Å². The SMILES string of the molecule is CC([C@H]1CCC2C3=C(CC[C@@]21C)[C@@]1(C)C[C@H](O)C(=O)C(C)(C)C1[C@@H](OS(=O)(=O)[O-])C3)[C@H]1C[C@@H]2C[C@@](C)(OC2(C)C)[C@H](CC[C@@H](C)[C@H]2CCC3C4=C(CC[C@@]32C)[C@@]23CO[C@](O)([C@@H](O)C2)C(C)(C)C3=CC4)O1.[Na+]. The Hall–Kier alpha value is -0.480. The quantitative estimate of drug-likeness (QED) is 0.0983. The molecule has 1 spiro atoms. The largest absolute Gasteiger partial charge is 1.00 e. The second kappa shape index (κ2) is 17.0. The van der Waals surface area contributed by atoms with Crippen molar-refractivity contribution >= 4 is 16.2 Å². The van der Waals surface area contributed by atoms with Gasteiger partial charge in [0.25, 0.3) is 0 Å². The molecular weight excluding hydrogens is 928 g/mol. The van der Waals surface area contributed by atoms with E-state index in [2.05, 4.69) is 75.3 Å². The summed E-state index contributed by atoms with van der Waals surface area (Å²) in [5.41, 5.74) is 3.61. The molecule has 0 aromatic heterocycles. The Kier molecular flexibility index (Phi) is 12.9. The van der Waals surface area contributed by atoms with Crippen LogP contribution in [0.15, 0.2) is 33.9 Å². The molecule has 0 aromatic rings. The van der Waals surface area contributed by atoms with E-state index in [1.54, 1.807) is 19.4 Å². The second-order valence-corrected chi connectivity index (χ2v) is 29.4. The van der Waals surface area contributed by atoms with Crippen LogP contribution in [0.2, 0.25) is 0 Å². The molecule has 0 aromatic carbocycles. The normalized spacial score (nSPS) is 49.8. The van der Waals surface area contributed by atoms with E-state index in [1.807, 2.05) is 0 Å². The number of carbonyl (C=O) groups is 1. The van der Waals surface area contributed by atoms with Gasteiger partial charge in [0.2, 0.25) is 16.2 Å². The van der Waals surface area contributed by atoms with E-state index < -0.39 is 56.7 Å². The number of ether oxygens (including phenoxy) is 3. The van der Waals surface area contributed by atoms with Gasteiger partial charge in [0.05, 0.1) is 36.1 Å². The molecule has 8 fully saturated rings. The van der Waals surface area contributed by atoms with Crippen LogP contribution in [0.4, 0.5) is 0 Å². The van der Waals surface area contributed by atoms with E-state index in [4.69, 9.17) is 18.4 Å². The summed E-state index contributed by atoms with van der Waals surface area (Å²) in [6.45, 7) is 27.1. The van der Waals surface area contributed by atoms with Gasteiger partial charge in [-0.15, -0.1) is 0 Å². The van der Waals surface area contributed by atoms with Gasteiger partial charge in [-0.25, -0.2) is 8.42 Å². The topological polar surface area (TPSA) is 172 Å². The van der Waals surface area contributed by atoms with Crippen molar-refractivity contribution < 1.29 is 81.0 Å². The minimum Gasteiger partial charge on any atom is -0.726 e. The van der Waals surface area contributed by atoms with E-state index in [1.165, 1.54) is 35.1 Å². The van der Waals surface area contributed by atoms with Crippen LogP contribution in [0.1, 0.15) is 186 Å². The zero-order valence-electron chi connectivity index (χ0n) is 45.6. The number of Topliss-reactive ketones (excluding diaryl/α,β-unsaturated/α-hetero) is 1. The molecule has 19 atom stereocenters. The molecule has 0 amide bonds. The summed E-state index contributed by atoms with van der Waals surface area (Å²) in [4.78, 5) is 13.5. The Morgan fingerprint density at radius 2 is 1.49 bits per heavy atom. The van der Waals surface area contributed by atoms with E-state index in [0.29, 0.717) is 49.0 Å². The summed E-state index contributed by atoms with van der Waals surface area (Å²) in [5, 5.41) is 34.1. The molecule has 4 saturated carbocycles. The van der Waals surface area contributed by atoms with Crippen LogP contribution < -0.4 is 29.6 Å². The summed E-state index contributed by atoms with van der Waals surface area (Å²) >= 11 is 0. The van der Waals surface area contributed by atoms with Gasteiger partial charge in [0.1, 0.15) is 12.2 Å². The summed E-state index contributed by atoms with van der Waals surface area (Å²) in [6, 6.07) is 0. The zero-order chi connectivity index (χ0) is 50.5. The van der Waals surface area contributed by atoms with Crippen LogP contribution in [0.25, 0.3) is 0 Å². The van der Waals surface area contributed by atoms with Gasteiger partial charge in [-0.3, -0.25) is 8.98 Å². The van der Waals surface area contributed by atoms with Gasteiger partial charge in [0.15, 0.2) is 5.78 Å². The van der Waals surface area contributed by atoms with Crippen LogP contribution >= 0.6 is 0 Å². The third-order valence-corrected chi connectivity index (χ3v) is 24.7. The van der Waals surface area contributed by atoms with Crippen molar-refractivity contribution in [3.63, 3.8) is 0 Å². The molecule has 0 radical (unpaired) electrons. The molecule has 11 nitrogen and oxygen atoms in total. The Morgan fingerprint density at radius 1 is 0.859 bits per heavy atom. The molecule has 71 heavy (non-hydrogen) atoms. The fourth-order valence-corrected chi connectivity index (χ4v) is 21.5. The number of rotatable bonds is 8. The smallest absolute Gasteiger partial charge is 0.726 e. The third kappa shape index (κ3) is 7.50. The minimum atomic E-state index is -5.06. The van der Waals surface area contributed by atoms with Crippen LogP contribution in [0, 0.1) is 79.8 Å². The van der Waals surface area contributed by atoms with Gasteiger partial charge >= 0.3 is 29.6 Å². The Bertz CT molecular complexity index is 2430. The third-order valence-electron chi connectivity index (χ3n) is 24.2. The fourth-order valence-electron chi connectivity index (χ4n) is 21.0. The maximum Gasteiger partial charge on any atom is 1.00 e. The van der Waals surface area contributed by atoms with Gasteiger partial charge in [-0.1, -0.05) is 96.3 Å². The Morgan fingerprint density at radius 3 is 2.15 bits per heavy atom. The van der Waals surface area contributed by atoms with E-state index in [9.17, 15) is 33.1 Å². The number of allylic oxidation sites excluding steroid dienone is 3. The molecule has 4 bridgehead atoms. The number of fused-ring (bicyclic) bond motifs is 10. The monoisotopic (exact) mass is 1010 g/mol. The maximum absolute atomic E-state index is 13.5. The average molecular weight is 1020 g/mol. The van der Waals surface area contributed by atoms with Crippen LogP contribution in [-0.4, -0.2) is 88.2 Å². The first-order valence-electron chi connectivity index (χ1n) is 27.8. The van der Waals surface area contributed by atoms with Crippen molar-refractivity contribution in [2.75, 3.05) is 6.61 Å². The molecular formula is C58H87NaO11S. The summed E-state index contributed by atoms with van der Waals surface area (Å²) in [7, 11) is -5.06. The molecule has 4 saturated heterocycles. The van der Waals surface area contributed by atoms with Gasteiger partial charge in [-0.2, -0.15) is 0 Å². The number of aliphatic hydroxyl groups is 3. The van der Waals surface area contributed by atoms with Crippen LogP contribution in [0.5, 0.6) is 0 Å². The van der Waals surface area contributed by atoms with Gasteiger partial charge in [0, 0.05) is 22.2 Å². The molecule has 8 aliphatic carbocycles. The van der Waals surface area contributed by atoms with Crippen molar-refractivity contribution in [3.05, 3.63) is 33.9 Å². The molecule has 12 rings (SSSR count). The van der Waals surface area contributed by atoms with Crippen molar-refractivity contribution in [2.45, 2.75) is 233 Å².